The van der Waals surface area contributed by atoms with Crippen LogP contribution >= 0.6 is 0 Å². The van der Waals surface area contributed by atoms with Gasteiger partial charge in [-0.3, -0.25) is 14.5 Å². The van der Waals surface area contributed by atoms with Crippen molar-refractivity contribution in [3.8, 4) is 0 Å². The Bertz CT molecular complexity index is 929. The summed E-state index contributed by atoms with van der Waals surface area (Å²) in [6, 6.07) is 13.6. The topological polar surface area (TPSA) is 102 Å². The number of carbonyl (C=O) groups is 3. The molecule has 0 unspecified atom stereocenters. The number of benzene rings is 2. The third kappa shape index (κ3) is 3.31. The molecule has 2 aromatic carbocycles. The predicted molar refractivity (Wildman–Crippen MR) is 102 cm³/mol. The van der Waals surface area contributed by atoms with Gasteiger partial charge in [-0.1, -0.05) is 48.5 Å². The third-order valence-electron chi connectivity index (χ3n) is 5.24. The van der Waals surface area contributed by atoms with Crippen molar-refractivity contribution in [3.63, 3.8) is 0 Å². The summed E-state index contributed by atoms with van der Waals surface area (Å²) in [7, 11) is 0. The van der Waals surface area contributed by atoms with E-state index in [-0.39, 0.29) is 12.5 Å². The van der Waals surface area contributed by atoms with Crippen molar-refractivity contribution < 1.29 is 19.1 Å². The number of primary amides is 1. The number of hydrogen-bond donors (Lipinski definition) is 2. The van der Waals surface area contributed by atoms with E-state index in [1.807, 2.05) is 48.5 Å². The lowest BCUT2D eigenvalue weighted by Gasteiger charge is -2.26. The summed E-state index contributed by atoms with van der Waals surface area (Å²) in [6.45, 7) is 0.117. The smallest absolute Gasteiger partial charge is 0.408 e. The molecule has 2 aliphatic rings. The molecule has 7 nitrogen and oxygen atoms in total. The van der Waals surface area contributed by atoms with E-state index in [1.165, 1.54) is 4.90 Å². The summed E-state index contributed by atoms with van der Waals surface area (Å²) in [5.74, 6) is -0.882. The van der Waals surface area contributed by atoms with Crippen LogP contribution in [0.4, 0.5) is 10.5 Å². The van der Waals surface area contributed by atoms with Gasteiger partial charge in [0.15, 0.2) is 0 Å². The number of hydrogen-bond acceptors (Lipinski definition) is 4. The van der Waals surface area contributed by atoms with Gasteiger partial charge in [0, 0.05) is 6.42 Å². The Balaban J connectivity index is 1.50. The molecule has 2 atom stereocenters. The number of nitrogens with two attached hydrogens (primary N) is 1. The summed E-state index contributed by atoms with van der Waals surface area (Å²) in [5, 5.41) is 2.66. The third-order valence-corrected chi connectivity index (χ3v) is 5.24. The summed E-state index contributed by atoms with van der Waals surface area (Å²) in [4.78, 5) is 38.8. The van der Waals surface area contributed by atoms with Crippen molar-refractivity contribution in [1.82, 2.24) is 5.32 Å². The largest absolute Gasteiger partial charge is 0.445 e. The first kappa shape index (κ1) is 18.0. The van der Waals surface area contributed by atoms with Gasteiger partial charge in [-0.25, -0.2) is 4.79 Å². The van der Waals surface area contributed by atoms with Crippen molar-refractivity contribution in [2.24, 2.45) is 5.73 Å². The van der Waals surface area contributed by atoms with Crippen molar-refractivity contribution in [1.29, 1.82) is 0 Å². The van der Waals surface area contributed by atoms with E-state index in [1.54, 1.807) is 0 Å². The SMILES string of the molecule is NC(=O)[C@@H]1Cc2cccc3c2N1C(=O)[C@@H](NC(=O)OCc1ccccc1)CC3. The average Bonchev–Trinajstić information content (AvgIpc) is 3.04. The van der Waals surface area contributed by atoms with Gasteiger partial charge in [-0.2, -0.15) is 0 Å². The number of alkyl carbamates (subject to hydrolysis) is 1. The molecule has 2 aromatic rings. The molecule has 0 bridgehead atoms. The number of aryl methyl sites for hydroxylation is 1. The molecule has 4 rings (SSSR count). The maximum absolute atomic E-state index is 13.1. The minimum atomic E-state index is -0.775. The van der Waals surface area contributed by atoms with Crippen molar-refractivity contribution >= 4 is 23.6 Å². The highest BCUT2D eigenvalue weighted by Crippen LogP contribution is 2.38. The minimum absolute atomic E-state index is 0.117. The second-order valence-corrected chi connectivity index (χ2v) is 7.05. The zero-order valence-electron chi connectivity index (χ0n) is 15.3. The first-order valence-corrected chi connectivity index (χ1v) is 9.25. The average molecular weight is 379 g/mol. The van der Waals surface area contributed by atoms with Gasteiger partial charge in [-0.05, 0) is 29.5 Å². The number of nitrogens with zero attached hydrogens (tertiary/aromatic N) is 1. The maximum atomic E-state index is 13.1. The Morgan fingerprint density at radius 2 is 1.86 bits per heavy atom. The molecule has 2 heterocycles. The molecular weight excluding hydrogens is 358 g/mol. The Kier molecular flexibility index (Phi) is 4.73. The van der Waals surface area contributed by atoms with E-state index in [4.69, 9.17) is 10.5 Å². The van der Waals surface area contributed by atoms with E-state index in [9.17, 15) is 14.4 Å². The van der Waals surface area contributed by atoms with Crippen molar-refractivity contribution in [2.45, 2.75) is 38.0 Å². The van der Waals surface area contributed by atoms with Crippen LogP contribution in [-0.4, -0.2) is 30.0 Å². The maximum Gasteiger partial charge on any atom is 0.408 e. The lowest BCUT2D eigenvalue weighted by Crippen LogP contribution is -2.53. The zero-order valence-corrected chi connectivity index (χ0v) is 15.3. The molecule has 0 fully saturated rings. The van der Waals surface area contributed by atoms with Gasteiger partial charge in [0.2, 0.25) is 11.8 Å². The van der Waals surface area contributed by atoms with E-state index < -0.39 is 24.1 Å². The molecule has 3 amide bonds. The molecule has 144 valence electrons. The molecule has 0 aliphatic carbocycles. The number of amides is 3. The molecule has 3 N–H and O–H groups in total. The van der Waals surface area contributed by atoms with Crippen LogP contribution in [-0.2, 0) is 33.8 Å². The van der Waals surface area contributed by atoms with Crippen LogP contribution in [0.2, 0.25) is 0 Å². The molecule has 0 saturated carbocycles. The molecular formula is C21H21N3O4. The molecule has 28 heavy (non-hydrogen) atoms. The normalized spacial score (nSPS) is 20.3. The number of para-hydroxylation sites is 1. The van der Waals surface area contributed by atoms with Crippen LogP contribution in [0.25, 0.3) is 0 Å². The Labute approximate surface area is 162 Å². The summed E-state index contributed by atoms with van der Waals surface area (Å²) >= 11 is 0. The molecule has 0 radical (unpaired) electrons. The molecule has 0 saturated heterocycles. The summed E-state index contributed by atoms with van der Waals surface area (Å²) in [5.41, 5.74) is 9.08. The van der Waals surface area contributed by atoms with E-state index in [0.717, 1.165) is 22.4 Å². The van der Waals surface area contributed by atoms with Crippen LogP contribution in [0.3, 0.4) is 0 Å². The van der Waals surface area contributed by atoms with E-state index >= 15 is 0 Å². The first-order valence-electron chi connectivity index (χ1n) is 9.25. The highest BCUT2D eigenvalue weighted by Gasteiger charge is 2.43. The van der Waals surface area contributed by atoms with Gasteiger partial charge in [0.1, 0.15) is 18.7 Å². The fourth-order valence-corrected chi connectivity index (χ4v) is 3.90. The van der Waals surface area contributed by atoms with Gasteiger partial charge >= 0.3 is 6.09 Å². The second-order valence-electron chi connectivity index (χ2n) is 7.05. The standard InChI is InChI=1S/C21H21N3O4/c22-19(25)17-11-15-8-4-7-14-9-10-16(20(26)24(17)18(14)15)23-21(27)28-12-13-5-2-1-3-6-13/h1-8,16-17H,9-12H2,(H2,22,25)(H,23,27)/t16-,17-/m0/s1. The highest BCUT2D eigenvalue weighted by molar-refractivity contribution is 6.07. The number of ether oxygens (including phenoxy) is 1. The number of nitrogens with one attached hydrogen (secondary N) is 1. The summed E-state index contributed by atoms with van der Waals surface area (Å²) < 4.78 is 5.24. The first-order chi connectivity index (χ1) is 13.5. The Morgan fingerprint density at radius 3 is 2.61 bits per heavy atom. The fraction of sp³-hybridized carbons (Fsp3) is 0.286. The Morgan fingerprint density at radius 1 is 1.11 bits per heavy atom. The predicted octanol–water partition coefficient (Wildman–Crippen LogP) is 1.67. The van der Waals surface area contributed by atoms with Gasteiger partial charge < -0.3 is 15.8 Å². The van der Waals surface area contributed by atoms with Crippen LogP contribution in [0, 0.1) is 0 Å². The molecule has 0 spiro atoms. The van der Waals surface area contributed by atoms with Gasteiger partial charge in [0.05, 0.1) is 5.69 Å². The lowest BCUT2D eigenvalue weighted by atomic mass is 10.0. The summed E-state index contributed by atoms with van der Waals surface area (Å²) in [6.07, 6.45) is 0.774. The zero-order chi connectivity index (χ0) is 19.7. The van der Waals surface area contributed by atoms with E-state index in [2.05, 4.69) is 5.32 Å². The lowest BCUT2D eigenvalue weighted by molar-refractivity contribution is -0.125. The molecule has 2 aliphatic heterocycles. The molecule has 0 aromatic heterocycles. The fourth-order valence-electron chi connectivity index (χ4n) is 3.90. The second kappa shape index (κ2) is 7.34. The van der Waals surface area contributed by atoms with Crippen molar-refractivity contribution in [3.05, 3.63) is 65.2 Å². The quantitative estimate of drug-likeness (QED) is 0.844. The van der Waals surface area contributed by atoms with Crippen LogP contribution in [0.1, 0.15) is 23.1 Å². The van der Waals surface area contributed by atoms with Gasteiger partial charge in [0.25, 0.3) is 0 Å². The monoisotopic (exact) mass is 379 g/mol. The number of carbonyl (C=O) groups excluding carboxylic acids is 3. The van der Waals surface area contributed by atoms with Gasteiger partial charge in [-0.15, -0.1) is 0 Å². The van der Waals surface area contributed by atoms with Crippen LogP contribution < -0.4 is 16.0 Å². The number of rotatable bonds is 4. The van der Waals surface area contributed by atoms with Crippen molar-refractivity contribution in [2.75, 3.05) is 4.90 Å². The van der Waals surface area contributed by atoms with Crippen LogP contribution in [0.5, 0.6) is 0 Å². The highest BCUT2D eigenvalue weighted by atomic mass is 16.5. The number of anilines is 1. The van der Waals surface area contributed by atoms with E-state index in [0.29, 0.717) is 19.3 Å². The molecule has 7 heteroatoms. The minimum Gasteiger partial charge on any atom is -0.445 e. The van der Waals surface area contributed by atoms with Crippen LogP contribution in [0.15, 0.2) is 48.5 Å². The Hall–Kier alpha value is -3.35.